The van der Waals surface area contributed by atoms with E-state index in [2.05, 4.69) is 27.6 Å². The Balaban J connectivity index is 1.35. The topological polar surface area (TPSA) is 68.0 Å². The van der Waals surface area contributed by atoms with Gasteiger partial charge in [-0.2, -0.15) is 16.7 Å². The number of benzene rings is 1. The Morgan fingerprint density at radius 3 is 2.88 bits per heavy atom. The summed E-state index contributed by atoms with van der Waals surface area (Å²) < 4.78 is 5.15. The molecule has 2 aromatic heterocycles. The molecule has 1 amide bonds. The van der Waals surface area contributed by atoms with Crippen LogP contribution in [0.1, 0.15) is 17.9 Å². The van der Waals surface area contributed by atoms with Crippen LogP contribution in [0.4, 0.5) is 0 Å². The summed E-state index contributed by atoms with van der Waals surface area (Å²) in [6, 6.07) is 14.1. The van der Waals surface area contributed by atoms with E-state index < -0.39 is 0 Å². The van der Waals surface area contributed by atoms with Crippen molar-refractivity contribution in [3.63, 3.8) is 0 Å². The fourth-order valence-corrected chi connectivity index (χ4v) is 3.58. The highest BCUT2D eigenvalue weighted by atomic mass is 32.2. The molecule has 3 aromatic rings. The molecule has 0 saturated heterocycles. The van der Waals surface area contributed by atoms with Gasteiger partial charge in [-0.1, -0.05) is 41.6 Å². The maximum absolute atomic E-state index is 11.9. The lowest BCUT2D eigenvalue weighted by Crippen LogP contribution is -2.23. The van der Waals surface area contributed by atoms with Gasteiger partial charge < -0.3 is 9.84 Å². The predicted molar refractivity (Wildman–Crippen MR) is 96.7 cm³/mol. The summed E-state index contributed by atoms with van der Waals surface area (Å²) in [6.45, 7) is 0.264. The molecule has 24 heavy (non-hydrogen) atoms. The molecule has 0 unspecified atom stereocenters. The zero-order chi connectivity index (χ0) is 16.6. The molecule has 2 heterocycles. The van der Waals surface area contributed by atoms with Crippen molar-refractivity contribution < 1.29 is 9.32 Å². The first-order valence-corrected chi connectivity index (χ1v) is 9.59. The molecule has 0 fully saturated rings. The highest BCUT2D eigenvalue weighted by Crippen LogP contribution is 2.21. The molecular weight excluding hydrogens is 342 g/mol. The number of thiophene rings is 1. The van der Waals surface area contributed by atoms with Crippen molar-refractivity contribution in [3.05, 3.63) is 59.3 Å². The maximum atomic E-state index is 11.9. The van der Waals surface area contributed by atoms with Gasteiger partial charge in [0.25, 0.3) is 0 Å². The summed E-state index contributed by atoms with van der Waals surface area (Å²) in [5.74, 6) is 2.68. The summed E-state index contributed by atoms with van der Waals surface area (Å²) >= 11 is 3.30. The first-order chi connectivity index (χ1) is 11.8. The first-order valence-electron chi connectivity index (χ1n) is 7.56. The molecule has 124 valence electrons. The molecular formula is C17H17N3O2S2. The molecule has 0 aliphatic rings. The Hall–Kier alpha value is -2.12. The predicted octanol–water partition coefficient (Wildman–Crippen LogP) is 3.74. The van der Waals surface area contributed by atoms with E-state index in [0.717, 1.165) is 16.4 Å². The van der Waals surface area contributed by atoms with E-state index in [4.69, 9.17) is 4.52 Å². The summed E-state index contributed by atoms with van der Waals surface area (Å²) in [5, 5.41) is 8.68. The van der Waals surface area contributed by atoms with Gasteiger partial charge in [0.1, 0.15) is 0 Å². The molecule has 1 aromatic carbocycles. The Morgan fingerprint density at radius 2 is 2.08 bits per heavy atom. The van der Waals surface area contributed by atoms with E-state index in [1.165, 1.54) is 5.56 Å². The largest absolute Gasteiger partial charge is 0.347 e. The zero-order valence-electron chi connectivity index (χ0n) is 13.0. The fourth-order valence-electron chi connectivity index (χ4n) is 2.02. The number of amides is 1. The number of nitrogens with one attached hydrogen (secondary N) is 1. The second kappa shape index (κ2) is 8.65. The van der Waals surface area contributed by atoms with Gasteiger partial charge in [-0.25, -0.2) is 0 Å². The van der Waals surface area contributed by atoms with Crippen molar-refractivity contribution in [1.29, 1.82) is 0 Å². The van der Waals surface area contributed by atoms with Crippen LogP contribution in [0, 0.1) is 0 Å². The van der Waals surface area contributed by atoms with E-state index in [9.17, 15) is 4.79 Å². The van der Waals surface area contributed by atoms with Crippen LogP contribution < -0.4 is 5.32 Å². The number of hydrogen-bond acceptors (Lipinski definition) is 6. The van der Waals surface area contributed by atoms with Crippen LogP contribution in [0.2, 0.25) is 0 Å². The fraction of sp³-hybridized carbons (Fsp3) is 0.235. The molecule has 0 spiro atoms. The van der Waals surface area contributed by atoms with E-state index in [-0.39, 0.29) is 12.5 Å². The van der Waals surface area contributed by atoms with Crippen LogP contribution in [-0.2, 0) is 17.1 Å². The summed E-state index contributed by atoms with van der Waals surface area (Å²) in [7, 11) is 0. The number of carbonyl (C=O) groups is 1. The number of carbonyl (C=O) groups excluding carboxylic acids is 1. The van der Waals surface area contributed by atoms with Gasteiger partial charge in [0.15, 0.2) is 0 Å². The maximum Gasteiger partial charge on any atom is 0.246 e. The lowest BCUT2D eigenvalue weighted by atomic mass is 10.2. The van der Waals surface area contributed by atoms with Gasteiger partial charge in [-0.05, 0) is 17.0 Å². The van der Waals surface area contributed by atoms with E-state index >= 15 is 0 Å². The normalized spacial score (nSPS) is 10.7. The van der Waals surface area contributed by atoms with Gasteiger partial charge in [0.2, 0.25) is 17.6 Å². The van der Waals surface area contributed by atoms with E-state index in [0.29, 0.717) is 18.1 Å². The second-order valence-electron chi connectivity index (χ2n) is 5.05. The third kappa shape index (κ3) is 4.94. The monoisotopic (exact) mass is 359 g/mol. The molecule has 1 N–H and O–H groups in total. The van der Waals surface area contributed by atoms with Crippen molar-refractivity contribution in [1.82, 2.24) is 15.5 Å². The van der Waals surface area contributed by atoms with E-state index in [1.807, 2.05) is 35.7 Å². The molecule has 5 nitrogen and oxygen atoms in total. The molecule has 0 bridgehead atoms. The molecule has 0 radical (unpaired) electrons. The van der Waals surface area contributed by atoms with Gasteiger partial charge in [0.05, 0.1) is 11.4 Å². The third-order valence-corrected chi connectivity index (χ3v) is 5.13. The van der Waals surface area contributed by atoms with Crippen LogP contribution >= 0.6 is 23.1 Å². The number of thioether (sulfide) groups is 1. The van der Waals surface area contributed by atoms with Crippen molar-refractivity contribution >= 4 is 29.0 Å². The highest BCUT2D eigenvalue weighted by molar-refractivity contribution is 7.98. The number of aromatic nitrogens is 2. The second-order valence-corrected chi connectivity index (χ2v) is 7.11. The summed E-state index contributed by atoms with van der Waals surface area (Å²) in [5.41, 5.74) is 1.27. The Morgan fingerprint density at radius 1 is 1.21 bits per heavy atom. The minimum Gasteiger partial charge on any atom is -0.347 e. The van der Waals surface area contributed by atoms with Crippen molar-refractivity contribution in [2.75, 3.05) is 5.75 Å². The van der Waals surface area contributed by atoms with Crippen LogP contribution in [0.25, 0.3) is 10.7 Å². The molecule has 0 atom stereocenters. The molecule has 0 aliphatic heterocycles. The Kier molecular flexibility index (Phi) is 6.03. The molecule has 0 aliphatic carbocycles. The summed E-state index contributed by atoms with van der Waals surface area (Å²) in [4.78, 5) is 17.1. The molecule has 7 heteroatoms. The Bertz CT molecular complexity index is 757. The van der Waals surface area contributed by atoms with Gasteiger partial charge in [0, 0.05) is 17.9 Å². The first kappa shape index (κ1) is 16.7. The van der Waals surface area contributed by atoms with Crippen LogP contribution in [-0.4, -0.2) is 21.8 Å². The van der Waals surface area contributed by atoms with Crippen molar-refractivity contribution in [2.45, 2.75) is 18.7 Å². The van der Waals surface area contributed by atoms with Crippen molar-refractivity contribution in [3.8, 4) is 10.7 Å². The molecule has 3 rings (SSSR count). The summed E-state index contributed by atoms with van der Waals surface area (Å²) in [6.07, 6.45) is 0.476. The van der Waals surface area contributed by atoms with E-state index in [1.54, 1.807) is 23.1 Å². The number of nitrogens with zero attached hydrogens (tertiary/aromatic N) is 2. The highest BCUT2D eigenvalue weighted by Gasteiger charge is 2.10. The SMILES string of the molecule is O=C(CCSCc1ccccc1)NCc1nc(-c2cccs2)no1. The number of rotatable bonds is 8. The third-order valence-electron chi connectivity index (χ3n) is 3.23. The van der Waals surface area contributed by atoms with Crippen LogP contribution in [0.5, 0.6) is 0 Å². The van der Waals surface area contributed by atoms with Crippen LogP contribution in [0.3, 0.4) is 0 Å². The average Bonchev–Trinajstić information content (AvgIpc) is 3.29. The lowest BCUT2D eigenvalue weighted by Gasteiger charge is -2.03. The minimum atomic E-state index is -0.00793. The standard InChI is InChI=1S/C17H17N3O2S2/c21-15(8-10-23-12-13-5-2-1-3-6-13)18-11-16-19-17(20-22-16)14-7-4-9-24-14/h1-7,9H,8,10-12H2,(H,18,21). The average molecular weight is 359 g/mol. The minimum absolute atomic E-state index is 0.00793. The van der Waals surface area contributed by atoms with Gasteiger partial charge in [-0.15, -0.1) is 11.3 Å². The lowest BCUT2D eigenvalue weighted by molar-refractivity contribution is -0.120. The zero-order valence-corrected chi connectivity index (χ0v) is 14.6. The van der Waals surface area contributed by atoms with Gasteiger partial charge in [-0.3, -0.25) is 4.79 Å². The molecule has 0 saturated carbocycles. The van der Waals surface area contributed by atoms with Crippen molar-refractivity contribution in [2.24, 2.45) is 0 Å². The number of hydrogen-bond donors (Lipinski definition) is 1. The van der Waals surface area contributed by atoms with Crippen LogP contribution in [0.15, 0.2) is 52.4 Å². The Labute approximate surface area is 148 Å². The van der Waals surface area contributed by atoms with Gasteiger partial charge >= 0.3 is 0 Å². The quantitative estimate of drug-likeness (QED) is 0.621. The smallest absolute Gasteiger partial charge is 0.246 e.